The Morgan fingerprint density at radius 1 is 1.04 bits per heavy atom. The van der Waals surface area contributed by atoms with Gasteiger partial charge in [-0.1, -0.05) is 24.3 Å². The van der Waals surface area contributed by atoms with Crippen LogP contribution in [0.1, 0.15) is 22.4 Å². The Labute approximate surface area is 157 Å². The van der Waals surface area contributed by atoms with E-state index in [9.17, 15) is 8.42 Å². The van der Waals surface area contributed by atoms with Crippen molar-refractivity contribution in [2.75, 3.05) is 0 Å². The minimum Gasteiger partial charge on any atom is -0.329 e. The molecule has 2 aromatic carbocycles. The van der Waals surface area contributed by atoms with Gasteiger partial charge in [0.1, 0.15) is 6.07 Å². The standard InChI is InChI=1S/C19H15N5O2S/c20-9-15-5-7-16(8-6-15)13-24-14-22-11-18(24)12-23-27(25,26)19-4-2-1-3-17(19)10-21/h1-8,11,14,23H,12-13H2. The third-order valence-electron chi connectivity index (χ3n) is 3.97. The van der Waals surface area contributed by atoms with Gasteiger partial charge >= 0.3 is 0 Å². The van der Waals surface area contributed by atoms with Gasteiger partial charge in [0, 0.05) is 12.7 Å². The number of nitrogens with one attached hydrogen (secondary N) is 1. The van der Waals surface area contributed by atoms with Crippen LogP contribution in [-0.2, 0) is 23.1 Å². The Hall–Kier alpha value is -3.46. The van der Waals surface area contributed by atoms with Crippen LogP contribution >= 0.6 is 0 Å². The van der Waals surface area contributed by atoms with E-state index in [0.29, 0.717) is 17.8 Å². The molecule has 3 aromatic rings. The summed E-state index contributed by atoms with van der Waals surface area (Å²) in [6.45, 7) is 0.538. The summed E-state index contributed by atoms with van der Waals surface area (Å²) >= 11 is 0. The number of imidazole rings is 1. The normalized spacial score (nSPS) is 10.9. The third-order valence-corrected chi connectivity index (χ3v) is 5.43. The summed E-state index contributed by atoms with van der Waals surface area (Å²) in [5.74, 6) is 0. The molecule has 1 N–H and O–H groups in total. The lowest BCUT2D eigenvalue weighted by Crippen LogP contribution is -2.25. The number of hydrogen-bond donors (Lipinski definition) is 1. The van der Waals surface area contributed by atoms with Crippen molar-refractivity contribution in [2.24, 2.45) is 0 Å². The molecule has 27 heavy (non-hydrogen) atoms. The molecule has 0 aliphatic carbocycles. The number of aromatic nitrogens is 2. The fraction of sp³-hybridized carbons (Fsp3) is 0.105. The molecule has 0 unspecified atom stereocenters. The first kappa shape index (κ1) is 18.3. The second-order valence-corrected chi connectivity index (χ2v) is 7.49. The molecule has 1 heterocycles. The van der Waals surface area contributed by atoms with E-state index in [1.54, 1.807) is 36.8 Å². The zero-order chi connectivity index (χ0) is 19.3. The van der Waals surface area contributed by atoms with Crippen molar-refractivity contribution in [3.05, 3.63) is 83.4 Å². The predicted octanol–water partition coefficient (Wildman–Crippen LogP) is 2.15. The van der Waals surface area contributed by atoms with Gasteiger partial charge in [-0.2, -0.15) is 10.5 Å². The molecule has 0 fully saturated rings. The first-order chi connectivity index (χ1) is 13.0. The maximum absolute atomic E-state index is 12.5. The summed E-state index contributed by atoms with van der Waals surface area (Å²) in [6.07, 6.45) is 3.20. The number of nitriles is 2. The van der Waals surface area contributed by atoms with Crippen LogP contribution in [0, 0.1) is 22.7 Å². The Morgan fingerprint density at radius 2 is 1.78 bits per heavy atom. The van der Waals surface area contributed by atoms with Crippen molar-refractivity contribution in [1.82, 2.24) is 14.3 Å². The van der Waals surface area contributed by atoms with Crippen molar-refractivity contribution < 1.29 is 8.42 Å². The molecule has 0 aliphatic heterocycles. The Kier molecular flexibility index (Phi) is 5.32. The zero-order valence-electron chi connectivity index (χ0n) is 14.2. The summed E-state index contributed by atoms with van der Waals surface area (Å²) in [4.78, 5) is 4.03. The molecule has 1 aromatic heterocycles. The van der Waals surface area contributed by atoms with Crippen LogP contribution in [0.15, 0.2) is 66.0 Å². The average Bonchev–Trinajstić information content (AvgIpc) is 3.14. The molecule has 0 saturated heterocycles. The number of benzene rings is 2. The Morgan fingerprint density at radius 3 is 2.48 bits per heavy atom. The molecule has 8 heteroatoms. The number of nitrogens with zero attached hydrogens (tertiary/aromatic N) is 4. The maximum Gasteiger partial charge on any atom is 0.242 e. The van der Waals surface area contributed by atoms with E-state index in [1.165, 1.54) is 12.1 Å². The summed E-state index contributed by atoms with van der Waals surface area (Å²) in [7, 11) is -3.83. The summed E-state index contributed by atoms with van der Waals surface area (Å²) in [5.41, 5.74) is 2.31. The largest absolute Gasteiger partial charge is 0.329 e. The van der Waals surface area contributed by atoms with Gasteiger partial charge < -0.3 is 4.57 Å². The Balaban J connectivity index is 1.75. The van der Waals surface area contributed by atoms with Gasteiger partial charge in [0.25, 0.3) is 0 Å². The van der Waals surface area contributed by atoms with Crippen LogP contribution in [0.3, 0.4) is 0 Å². The van der Waals surface area contributed by atoms with Gasteiger partial charge in [0.2, 0.25) is 10.0 Å². The molecular formula is C19H15N5O2S. The molecule has 3 rings (SSSR count). The summed E-state index contributed by atoms with van der Waals surface area (Å²) in [6, 6.07) is 17.2. The second kappa shape index (κ2) is 7.83. The van der Waals surface area contributed by atoms with Gasteiger partial charge in [-0.25, -0.2) is 18.1 Å². The van der Waals surface area contributed by atoms with E-state index >= 15 is 0 Å². The fourth-order valence-corrected chi connectivity index (χ4v) is 3.71. The smallest absolute Gasteiger partial charge is 0.242 e. The maximum atomic E-state index is 12.5. The zero-order valence-corrected chi connectivity index (χ0v) is 15.0. The van der Waals surface area contributed by atoms with Gasteiger partial charge in [-0.05, 0) is 29.8 Å². The van der Waals surface area contributed by atoms with E-state index < -0.39 is 10.0 Å². The molecule has 0 saturated carbocycles. The topological polar surface area (TPSA) is 112 Å². The molecule has 0 amide bonds. The monoisotopic (exact) mass is 377 g/mol. The van der Waals surface area contributed by atoms with Crippen molar-refractivity contribution in [3.63, 3.8) is 0 Å². The van der Waals surface area contributed by atoms with Crippen molar-refractivity contribution in [3.8, 4) is 12.1 Å². The van der Waals surface area contributed by atoms with E-state index in [-0.39, 0.29) is 17.0 Å². The summed E-state index contributed by atoms with van der Waals surface area (Å²) in [5, 5.41) is 18.0. The van der Waals surface area contributed by atoms with Gasteiger partial charge in [-0.15, -0.1) is 0 Å². The summed E-state index contributed by atoms with van der Waals surface area (Å²) < 4.78 is 29.4. The number of rotatable bonds is 6. The average molecular weight is 377 g/mol. The molecule has 134 valence electrons. The highest BCUT2D eigenvalue weighted by Gasteiger charge is 2.18. The van der Waals surface area contributed by atoms with Crippen LogP contribution < -0.4 is 4.72 Å². The lowest BCUT2D eigenvalue weighted by Gasteiger charge is -2.11. The first-order valence-corrected chi connectivity index (χ1v) is 9.48. The predicted molar refractivity (Wildman–Crippen MR) is 97.7 cm³/mol. The van der Waals surface area contributed by atoms with Crippen molar-refractivity contribution in [1.29, 1.82) is 10.5 Å². The highest BCUT2D eigenvalue weighted by molar-refractivity contribution is 7.89. The van der Waals surface area contributed by atoms with Crippen molar-refractivity contribution in [2.45, 2.75) is 18.0 Å². The molecular weight excluding hydrogens is 362 g/mol. The minimum absolute atomic E-state index is 0.0401. The highest BCUT2D eigenvalue weighted by atomic mass is 32.2. The fourth-order valence-electron chi connectivity index (χ4n) is 2.56. The first-order valence-electron chi connectivity index (χ1n) is 8.00. The molecule has 0 radical (unpaired) electrons. The molecule has 0 bridgehead atoms. The molecule has 0 atom stereocenters. The van der Waals surface area contributed by atoms with Crippen LogP contribution in [0.25, 0.3) is 0 Å². The van der Waals surface area contributed by atoms with Crippen molar-refractivity contribution >= 4 is 10.0 Å². The molecule has 7 nitrogen and oxygen atoms in total. The third kappa shape index (κ3) is 4.21. The quantitative estimate of drug-likeness (QED) is 0.707. The lowest BCUT2D eigenvalue weighted by atomic mass is 10.1. The van der Waals surface area contributed by atoms with Crippen LogP contribution in [0.2, 0.25) is 0 Å². The van der Waals surface area contributed by atoms with Gasteiger partial charge in [0.05, 0.1) is 40.7 Å². The lowest BCUT2D eigenvalue weighted by molar-refractivity contribution is 0.577. The second-order valence-electron chi connectivity index (χ2n) is 5.75. The highest BCUT2D eigenvalue weighted by Crippen LogP contribution is 2.15. The minimum atomic E-state index is -3.83. The number of hydrogen-bond acceptors (Lipinski definition) is 5. The van der Waals surface area contributed by atoms with Gasteiger partial charge in [0.15, 0.2) is 0 Å². The molecule has 0 aliphatic rings. The van der Waals surface area contributed by atoms with E-state index in [0.717, 1.165) is 5.56 Å². The molecule has 0 spiro atoms. The number of sulfonamides is 1. The van der Waals surface area contributed by atoms with Crippen LogP contribution in [0.5, 0.6) is 0 Å². The van der Waals surface area contributed by atoms with E-state index in [4.69, 9.17) is 10.5 Å². The SMILES string of the molecule is N#Cc1ccc(Cn2cncc2CNS(=O)(=O)c2ccccc2C#N)cc1. The van der Waals surface area contributed by atoms with E-state index in [1.807, 2.05) is 22.8 Å². The Bertz CT molecular complexity index is 1140. The van der Waals surface area contributed by atoms with E-state index in [2.05, 4.69) is 15.8 Å². The van der Waals surface area contributed by atoms with Crippen LogP contribution in [-0.4, -0.2) is 18.0 Å². The van der Waals surface area contributed by atoms with Gasteiger partial charge in [-0.3, -0.25) is 0 Å². The van der Waals surface area contributed by atoms with Crippen LogP contribution in [0.4, 0.5) is 0 Å².